The third kappa shape index (κ3) is 24.0. The van der Waals surface area contributed by atoms with Crippen LogP contribution in [0.1, 0.15) is 241 Å². The van der Waals surface area contributed by atoms with Gasteiger partial charge in [0.1, 0.15) is 28.1 Å². The van der Waals surface area contributed by atoms with Crippen molar-refractivity contribution in [2.24, 2.45) is 0 Å². The van der Waals surface area contributed by atoms with Gasteiger partial charge in [0.2, 0.25) is 0 Å². The molecule has 4 saturated carbocycles. The number of benzene rings is 5. The monoisotopic (exact) mass is 1980 g/mol. The average molecular weight is 1980 g/mol. The topological polar surface area (TPSA) is 344 Å². The van der Waals surface area contributed by atoms with Gasteiger partial charge in [-0.3, -0.25) is 28.6 Å². The van der Waals surface area contributed by atoms with Crippen LogP contribution in [-0.4, -0.2) is 285 Å². The number of carboxylic acid groups (broad SMARTS) is 1. The van der Waals surface area contributed by atoms with Gasteiger partial charge in [-0.15, -0.1) is 5.10 Å². The molecule has 0 unspecified atom stereocenters. The van der Waals surface area contributed by atoms with Gasteiger partial charge in [-0.05, 0) is 248 Å². The molecule has 5 aliphatic heterocycles. The van der Waals surface area contributed by atoms with Crippen molar-refractivity contribution in [2.75, 3.05) is 130 Å². The van der Waals surface area contributed by atoms with E-state index in [1.165, 1.54) is 57.0 Å². The molecule has 140 heavy (non-hydrogen) atoms. The van der Waals surface area contributed by atoms with Crippen LogP contribution in [0.3, 0.4) is 0 Å². The standard InChI is InChI=1S/C42H52N6O6S.C36H41N5O6S.C11H16N5O.C6H13NO.C5H11NO.BF4/c1-25-22-46(23-26(2)54-25)42(50)37-27(3)43-48(32-13-10-14-32)39(37)31-19-30-20-33(53-6)16-18-34(30)40-38(28-11-8-7-9-12-28)35-17-15-29(21-36(35)47(40)24-31)41(49)44-55(51,52)45(4)5;1-21-31(36(43)44)33(41(37-21)26-11-8-12-26)25-17-24-18-27(47-4)14-16-28(24)34-32(22-9-6-5-7-10-22)29-15-13-23(19-30(29)40(34)20-25)35(42)38-48(45,46)39(2)3;1-14(2)11(15(3)4)17-16-10-8-6-5-7-9(10)12-13-16;1-5-3-7-4-6(2)8-5;1-6-2-4-7-5-3-6;2-1(3,4)5/h15-21,25-26,28,32H,7-14,22-24H2,1-6H3,(H,44,49);13-19,22,26H,5-12,20H2,1-4H3,(H,38,42)(H,43,44);5-8H,1-4H3;5-7H,3-4H2,1-2H3;2-5H2,1H3;/q;;+1;;;-1/t25-,26+;;;5-,6+;;. The highest BCUT2D eigenvalue weighted by Gasteiger charge is 2.41. The highest BCUT2D eigenvalue weighted by atomic mass is 32.2. The van der Waals surface area contributed by atoms with Crippen molar-refractivity contribution in [3.05, 3.63) is 164 Å². The first-order chi connectivity index (χ1) is 66.6. The van der Waals surface area contributed by atoms with Crippen LogP contribution in [0, 0.1) is 13.8 Å². The summed E-state index contributed by atoms with van der Waals surface area (Å²) in [6.07, 6.45) is 22.1. The number of carbonyl (C=O) groups is 4. The number of carboxylic acids is 1. The number of fused-ring (bicyclic) bond motifs is 11. The Labute approximate surface area is 816 Å². The smallest absolute Gasteiger partial charge is 0.497 e. The molecule has 0 bridgehead atoms. The summed E-state index contributed by atoms with van der Waals surface area (Å²) >= 11 is 0. The lowest BCUT2D eigenvalue weighted by Gasteiger charge is -2.35. The van der Waals surface area contributed by atoms with Gasteiger partial charge >= 0.3 is 39.7 Å². The summed E-state index contributed by atoms with van der Waals surface area (Å²) in [5, 5.41) is 33.7. The van der Waals surface area contributed by atoms with Crippen molar-refractivity contribution in [3.8, 4) is 34.0 Å². The van der Waals surface area contributed by atoms with E-state index >= 15 is 0 Å². The first-order valence-corrected chi connectivity index (χ1v) is 51.1. The summed E-state index contributed by atoms with van der Waals surface area (Å²) in [4.78, 5) is 67.7. The molecule has 3 amide bonds. The zero-order valence-electron chi connectivity index (χ0n) is 83.2. The van der Waals surface area contributed by atoms with Crippen LogP contribution >= 0.6 is 0 Å². The van der Waals surface area contributed by atoms with Crippen molar-refractivity contribution in [2.45, 2.75) is 206 Å². The second-order valence-corrected chi connectivity index (χ2v) is 42.2. The van der Waals surface area contributed by atoms with Crippen LogP contribution in [-0.2, 0) is 47.7 Å². The van der Waals surface area contributed by atoms with E-state index in [0.717, 1.165) is 227 Å². The van der Waals surface area contributed by atoms with Crippen molar-refractivity contribution in [1.82, 2.24) is 81.9 Å². The van der Waals surface area contributed by atoms with Gasteiger partial charge in [0, 0.05) is 112 Å². The van der Waals surface area contributed by atoms with Crippen molar-refractivity contribution < 1.29 is 91.5 Å². The van der Waals surface area contributed by atoms with Gasteiger partial charge < -0.3 is 70.3 Å². The zero-order valence-corrected chi connectivity index (χ0v) is 84.8. The summed E-state index contributed by atoms with van der Waals surface area (Å²) in [5.74, 6) is -0.458. The molecular weight excluding hydrogens is 1840 g/mol. The second kappa shape index (κ2) is 44.8. The Morgan fingerprint density at radius 3 is 1.38 bits per heavy atom. The molecular formula is C100H133BF4N18O15S2. The molecule has 10 aromatic rings. The van der Waals surface area contributed by atoms with Crippen LogP contribution in [0.5, 0.6) is 11.5 Å². The molecule has 4 atom stereocenters. The van der Waals surface area contributed by atoms with Gasteiger partial charge in [0.15, 0.2) is 0 Å². The number of carbonyl (C=O) groups excluding carboxylic acids is 3. The highest BCUT2D eigenvalue weighted by molar-refractivity contribution is 7.88. The van der Waals surface area contributed by atoms with Gasteiger partial charge in [-0.2, -0.15) is 35.6 Å². The number of nitrogens with one attached hydrogen (secondary N) is 3. The number of morpholine rings is 3. The predicted molar refractivity (Wildman–Crippen MR) is 534 cm³/mol. The molecule has 19 rings (SSSR count). The molecule has 40 heteroatoms. The number of ether oxygens (including phenoxy) is 5. The fraction of sp³-hybridized carbons (Fsp3) is 0.510. The third-order valence-electron chi connectivity index (χ3n) is 27.1. The first-order valence-electron chi connectivity index (χ1n) is 48.3. The van der Waals surface area contributed by atoms with Crippen molar-refractivity contribution >= 4 is 114 Å². The molecule has 10 heterocycles. The van der Waals surface area contributed by atoms with Gasteiger partial charge in [0.05, 0.1) is 145 Å². The summed E-state index contributed by atoms with van der Waals surface area (Å²) in [6.45, 7) is 19.6. The first kappa shape index (κ1) is 104. The molecule has 7 fully saturated rings. The summed E-state index contributed by atoms with van der Waals surface area (Å²) in [7, 11) is 4.55. The van der Waals surface area contributed by atoms with E-state index in [2.05, 4.69) is 95.0 Å². The molecule has 33 nitrogen and oxygen atoms in total. The Bertz CT molecular complexity index is 6510. The molecule has 5 aromatic heterocycles. The lowest BCUT2D eigenvalue weighted by molar-refractivity contribution is -0.480. The van der Waals surface area contributed by atoms with Crippen LogP contribution in [0.15, 0.2) is 97.1 Å². The Morgan fingerprint density at radius 2 is 0.993 bits per heavy atom. The second-order valence-electron chi connectivity index (χ2n) is 38.4. The number of hydrogen-bond acceptors (Lipinski definition) is 20. The number of amides is 3. The normalized spacial score (nSPS) is 19.2. The maximum atomic E-state index is 14.8. The van der Waals surface area contributed by atoms with E-state index in [-0.39, 0.29) is 46.9 Å². The van der Waals surface area contributed by atoms with E-state index in [1.807, 2.05) is 129 Å². The summed E-state index contributed by atoms with van der Waals surface area (Å²) < 4.78 is 134. The zero-order chi connectivity index (χ0) is 101. The molecule has 9 aliphatic rings. The third-order valence-corrected chi connectivity index (χ3v) is 29.9. The number of rotatable bonds is 17. The Hall–Kier alpha value is -11.4. The SMILES string of the molecule is CN(C)C(On1nnc2ccccc21)=[N+](C)C.CN1CCOCC1.COc1ccc2c(c1)C=C(c1c(C(=O)N3C[C@@H](C)O[C@@H](C)C3)c(C)nn1C1CCC1)Cn1c-2c(C2CCCCC2)c2ccc(C(=O)NS(=O)(=O)N(C)C)cc21.COc1ccc2c(c1)C=C(c1c(C(=O)O)c(C)nn1C1CCC1)Cn1c-2c(C2CCCCC2)c2ccc(C(=O)NS(=O)(=O)N(C)C)cc21.C[C@@H]1CNC[C@H](C)O1.F[B-](F)(F)F. The van der Waals surface area contributed by atoms with E-state index < -0.39 is 45.5 Å². The maximum absolute atomic E-state index is 14.8. The number of methoxy groups -OCH3 is 2. The van der Waals surface area contributed by atoms with E-state index in [1.54, 1.807) is 39.3 Å². The highest BCUT2D eigenvalue weighted by Crippen LogP contribution is 2.52. The van der Waals surface area contributed by atoms with Crippen LogP contribution < -0.4 is 29.1 Å². The number of aryl methyl sites for hydroxylation is 2. The lowest BCUT2D eigenvalue weighted by Crippen LogP contribution is -2.48. The number of amidine groups is 1. The fourth-order valence-corrected chi connectivity index (χ4v) is 21.0. The van der Waals surface area contributed by atoms with Crippen LogP contribution in [0.4, 0.5) is 17.3 Å². The van der Waals surface area contributed by atoms with Crippen molar-refractivity contribution in [1.29, 1.82) is 0 Å². The number of hydrogen-bond donors (Lipinski definition) is 4. The van der Waals surface area contributed by atoms with Gasteiger partial charge in [-0.1, -0.05) is 67.6 Å². The quantitative estimate of drug-likeness (QED) is 0.0216. The van der Waals surface area contributed by atoms with Gasteiger partial charge in [0.25, 0.3) is 17.7 Å². The minimum Gasteiger partial charge on any atom is -0.497 e. The molecule has 3 saturated heterocycles. The molecule has 4 N–H and O–H groups in total. The molecule has 0 radical (unpaired) electrons. The molecule has 4 aliphatic carbocycles. The number of nitrogens with zero attached hydrogens (tertiary/aromatic N) is 15. The Kier molecular flexibility index (Phi) is 33.5. The average Bonchev–Trinajstić information content (AvgIpc) is 1.57. The van der Waals surface area contributed by atoms with Crippen LogP contribution in [0.2, 0.25) is 0 Å². The van der Waals surface area contributed by atoms with E-state index in [4.69, 9.17) is 38.7 Å². The maximum Gasteiger partial charge on any atom is 0.673 e. The Morgan fingerprint density at radius 1 is 0.557 bits per heavy atom. The molecule has 0 spiro atoms. The number of aromatic carboxylic acids is 1. The number of allylic oxidation sites excluding steroid dienone is 2. The molecule has 5 aromatic carbocycles. The number of halogens is 4. The minimum atomic E-state index is -6.00. The summed E-state index contributed by atoms with van der Waals surface area (Å²) in [6, 6.07) is 31.8. The molecule has 756 valence electrons. The van der Waals surface area contributed by atoms with Gasteiger partial charge in [-0.25, -0.2) is 23.7 Å². The predicted octanol–water partition coefficient (Wildman–Crippen LogP) is 15.0. The Balaban J connectivity index is 0.000000164. The van der Waals surface area contributed by atoms with E-state index in [9.17, 15) is 58.4 Å². The number of para-hydroxylation sites is 1. The summed E-state index contributed by atoms with van der Waals surface area (Å²) in [5.41, 5.74) is 17.4. The van der Waals surface area contributed by atoms with E-state index in [0.29, 0.717) is 84.6 Å². The lowest BCUT2D eigenvalue weighted by atomic mass is 9.81. The van der Waals surface area contributed by atoms with Crippen LogP contribution in [0.25, 0.3) is 78.7 Å². The fourth-order valence-electron chi connectivity index (χ4n) is 19.9. The minimum absolute atomic E-state index is 0.0439. The number of aromatic nitrogens is 9. The largest absolute Gasteiger partial charge is 0.673 e. The van der Waals surface area contributed by atoms with Crippen molar-refractivity contribution in [3.63, 3.8) is 0 Å². The number of likely N-dealkylation sites (N-methyl/N-ethyl adjacent to an activating group) is 1.